The quantitative estimate of drug-likeness (QED) is 0.118. The number of ether oxygens (including phenoxy) is 5. The van der Waals surface area contributed by atoms with Crippen molar-refractivity contribution in [1.29, 1.82) is 0 Å². The summed E-state index contributed by atoms with van der Waals surface area (Å²) >= 11 is 0. The molecule has 1 saturated carbocycles. The number of anilines is 3. The zero-order valence-corrected chi connectivity index (χ0v) is 31.8. The van der Waals surface area contributed by atoms with E-state index < -0.39 is 10.0 Å². The Balaban J connectivity index is 1.20. The van der Waals surface area contributed by atoms with Gasteiger partial charge in [0, 0.05) is 36.4 Å². The third-order valence-electron chi connectivity index (χ3n) is 10.4. The molecule has 0 bridgehead atoms. The van der Waals surface area contributed by atoms with E-state index in [4.69, 9.17) is 33.3 Å². The van der Waals surface area contributed by atoms with Crippen LogP contribution in [0.3, 0.4) is 0 Å². The van der Waals surface area contributed by atoms with E-state index in [9.17, 15) is 0 Å². The Morgan fingerprint density at radius 2 is 1.65 bits per heavy atom. The molecule has 2 aliphatic heterocycles. The molecule has 4 heterocycles. The van der Waals surface area contributed by atoms with E-state index in [1.807, 2.05) is 16.8 Å². The predicted molar refractivity (Wildman–Crippen MR) is 203 cm³/mol. The number of nitrogens with one attached hydrogen (secondary N) is 2. The molecule has 2 unspecified atom stereocenters. The molecule has 3 aliphatic rings. The first-order chi connectivity index (χ1) is 26.3. The Labute approximate surface area is 314 Å². The molecule has 2 saturated heterocycles. The van der Waals surface area contributed by atoms with E-state index in [0.717, 1.165) is 69.4 Å². The molecule has 8 rings (SSSR count). The van der Waals surface area contributed by atoms with Crippen molar-refractivity contribution in [1.82, 2.24) is 20.3 Å². The summed E-state index contributed by atoms with van der Waals surface area (Å²) in [6, 6.07) is 16.3. The van der Waals surface area contributed by atoms with E-state index in [1.54, 1.807) is 50.6 Å². The minimum Gasteiger partial charge on any atom is -0.497 e. The van der Waals surface area contributed by atoms with Crippen LogP contribution >= 0.6 is 0 Å². The Kier molecular flexibility index (Phi) is 10.0. The van der Waals surface area contributed by atoms with Crippen LogP contribution in [0.2, 0.25) is 0 Å². The molecule has 3 fully saturated rings. The number of fused-ring (bicyclic) bond motifs is 1. The fraction of sp³-hybridized carbons (Fsp3) is 0.436. The van der Waals surface area contributed by atoms with Gasteiger partial charge in [-0.1, -0.05) is 17.3 Å². The second kappa shape index (κ2) is 15.0. The molecular weight excluding hydrogens is 713 g/mol. The largest absolute Gasteiger partial charge is 0.497 e. The van der Waals surface area contributed by atoms with E-state index in [2.05, 4.69) is 21.9 Å². The average molecular weight is 759 g/mol. The van der Waals surface area contributed by atoms with Gasteiger partial charge in [-0.25, -0.2) is 17.4 Å². The predicted octanol–water partition coefficient (Wildman–Crippen LogP) is 7.20. The van der Waals surface area contributed by atoms with Gasteiger partial charge in [-0.05, 0) is 92.9 Å². The number of hydrogen-bond acceptors (Lipinski definition) is 12. The van der Waals surface area contributed by atoms with Crippen LogP contribution in [0.1, 0.15) is 80.0 Å². The number of rotatable bonds is 14. The Morgan fingerprint density at radius 3 is 2.28 bits per heavy atom. The number of nitrogens with zero attached hydrogens (tertiary/aromatic N) is 4. The first kappa shape index (κ1) is 36.0. The molecular formula is C39H46N6O8S. The van der Waals surface area contributed by atoms with Crippen molar-refractivity contribution in [2.45, 2.75) is 74.6 Å². The minimum atomic E-state index is -4.42. The second-order valence-electron chi connectivity index (χ2n) is 13.9. The highest BCUT2D eigenvalue weighted by molar-refractivity contribution is 7.93. The fourth-order valence-corrected chi connectivity index (χ4v) is 9.13. The maximum Gasteiger partial charge on any atom is 0.273 e. The van der Waals surface area contributed by atoms with Gasteiger partial charge in [-0.2, -0.15) is 5.10 Å². The standard InChI is InChI=1S/C39H46N6O8S/c1-48-27-14-10-24(11-15-27)23-44(54(46,47)38-34(50-3)18-26(19-35(38)51-4)29-8-7-16-40-29)39-28-20-33(49-2)30(21-32(28)53-43-39)41-36-22-31(25-12-13-25)45(42-36)37-9-5-6-17-52-37/h10-11,14-15,18-22,25,29,37,40H,5-9,12-13,16-17,23H2,1-4H3,(H,41,42). The third-order valence-corrected chi connectivity index (χ3v) is 12.2. The molecule has 0 spiro atoms. The summed E-state index contributed by atoms with van der Waals surface area (Å²) in [7, 11) is 1.63. The molecule has 15 heteroatoms. The second-order valence-corrected chi connectivity index (χ2v) is 15.7. The molecule has 14 nitrogen and oxygen atoms in total. The lowest BCUT2D eigenvalue weighted by Crippen LogP contribution is -2.32. The lowest BCUT2D eigenvalue weighted by Gasteiger charge is -2.25. The van der Waals surface area contributed by atoms with E-state index in [0.29, 0.717) is 45.5 Å². The van der Waals surface area contributed by atoms with Gasteiger partial charge in [0.1, 0.15) is 23.0 Å². The molecule has 2 N–H and O–H groups in total. The van der Waals surface area contributed by atoms with Crippen LogP contribution in [0.15, 0.2) is 64.0 Å². The molecule has 0 radical (unpaired) electrons. The SMILES string of the molecule is COc1ccc(CN(c2noc3cc(Nc4cc(C5CC5)n(C5CCCCO5)n4)c(OC)cc23)S(=O)(=O)c2c(OC)cc(C3CCCN3)cc2OC)cc1. The lowest BCUT2D eigenvalue weighted by molar-refractivity contribution is -0.0409. The Bertz CT molecular complexity index is 2200. The monoisotopic (exact) mass is 758 g/mol. The number of methoxy groups -OCH3 is 4. The van der Waals surface area contributed by atoms with Crippen LogP contribution in [0.4, 0.5) is 17.3 Å². The van der Waals surface area contributed by atoms with E-state index in [-0.39, 0.29) is 41.0 Å². The highest BCUT2D eigenvalue weighted by Crippen LogP contribution is 2.45. The Hall–Kier alpha value is -4.99. The highest BCUT2D eigenvalue weighted by atomic mass is 32.2. The lowest BCUT2D eigenvalue weighted by atomic mass is 10.0. The van der Waals surface area contributed by atoms with Crippen LogP contribution in [-0.4, -0.2) is 64.9 Å². The molecule has 286 valence electrons. The van der Waals surface area contributed by atoms with Gasteiger partial charge in [0.05, 0.1) is 46.1 Å². The average Bonchev–Trinajstić information content (AvgIpc) is 3.53. The summed E-state index contributed by atoms with van der Waals surface area (Å²) in [5.41, 5.74) is 3.67. The highest BCUT2D eigenvalue weighted by Gasteiger charge is 2.37. The third kappa shape index (κ3) is 6.91. The Morgan fingerprint density at radius 1 is 0.889 bits per heavy atom. The van der Waals surface area contributed by atoms with E-state index >= 15 is 8.42 Å². The van der Waals surface area contributed by atoms with E-state index in [1.165, 1.54) is 18.5 Å². The maximum atomic E-state index is 15.1. The van der Waals surface area contributed by atoms with Crippen molar-refractivity contribution >= 4 is 38.3 Å². The van der Waals surface area contributed by atoms with Gasteiger partial charge in [0.25, 0.3) is 10.0 Å². The van der Waals surface area contributed by atoms with Crippen LogP contribution in [0, 0.1) is 0 Å². The molecule has 3 aromatic carbocycles. The van der Waals surface area contributed by atoms with Gasteiger partial charge >= 0.3 is 0 Å². The van der Waals surface area contributed by atoms with Crippen LogP contribution in [0.25, 0.3) is 11.0 Å². The van der Waals surface area contributed by atoms with Crippen LogP contribution < -0.4 is 33.9 Å². The van der Waals surface area contributed by atoms with Gasteiger partial charge in [0.15, 0.2) is 28.3 Å². The van der Waals surface area contributed by atoms with Crippen molar-refractivity contribution in [3.63, 3.8) is 0 Å². The molecule has 54 heavy (non-hydrogen) atoms. The molecule has 1 aliphatic carbocycles. The van der Waals surface area contributed by atoms with Gasteiger partial charge in [-0.15, -0.1) is 0 Å². The number of aromatic nitrogens is 3. The van der Waals surface area contributed by atoms with Gasteiger partial charge < -0.3 is 38.8 Å². The molecule has 5 aromatic rings. The van der Waals surface area contributed by atoms with Crippen molar-refractivity contribution in [2.75, 3.05) is 51.2 Å². The van der Waals surface area contributed by atoms with Gasteiger partial charge in [0.2, 0.25) is 0 Å². The minimum absolute atomic E-state index is 0.0596. The summed E-state index contributed by atoms with van der Waals surface area (Å²) in [4.78, 5) is -0.117. The summed E-state index contributed by atoms with van der Waals surface area (Å²) < 4.78 is 68.1. The van der Waals surface area contributed by atoms with Crippen molar-refractivity contribution in [3.05, 3.63) is 71.4 Å². The van der Waals surface area contributed by atoms with Gasteiger partial charge in [-0.3, -0.25) is 0 Å². The van der Waals surface area contributed by atoms with Crippen molar-refractivity contribution in [3.8, 4) is 23.0 Å². The molecule has 2 aromatic heterocycles. The van der Waals surface area contributed by atoms with Crippen LogP contribution in [-0.2, 0) is 21.3 Å². The van der Waals surface area contributed by atoms with Crippen LogP contribution in [0.5, 0.6) is 23.0 Å². The summed E-state index contributed by atoms with van der Waals surface area (Å²) in [5, 5.41) is 16.6. The van der Waals surface area contributed by atoms with Crippen molar-refractivity contribution < 1.29 is 36.6 Å². The number of sulfonamides is 1. The molecule has 0 amide bonds. The first-order valence-electron chi connectivity index (χ1n) is 18.4. The van der Waals surface area contributed by atoms with Crippen molar-refractivity contribution in [2.24, 2.45) is 0 Å². The fourth-order valence-electron chi connectivity index (χ4n) is 7.44. The number of benzene rings is 3. The molecule has 2 atom stereocenters. The maximum absolute atomic E-state index is 15.1. The zero-order valence-electron chi connectivity index (χ0n) is 31.0. The first-order valence-corrected chi connectivity index (χ1v) is 19.9. The summed E-state index contributed by atoms with van der Waals surface area (Å²) in [6.07, 6.45) is 7.19. The topological polar surface area (TPSA) is 151 Å². The summed E-state index contributed by atoms with van der Waals surface area (Å²) in [5.74, 6) is 2.62. The summed E-state index contributed by atoms with van der Waals surface area (Å²) in [6.45, 7) is 1.52. The smallest absolute Gasteiger partial charge is 0.273 e. The zero-order chi connectivity index (χ0) is 37.4. The normalized spacial score (nSPS) is 18.8. The number of hydrogen-bond donors (Lipinski definition) is 2.